The molecular weight excluding hydrogens is 154 g/mol. The van der Waals surface area contributed by atoms with Crippen molar-refractivity contribution in [3.8, 4) is 0 Å². The number of nitrogens with zero attached hydrogens (tertiary/aromatic N) is 2. The summed E-state index contributed by atoms with van der Waals surface area (Å²) >= 11 is 0. The SMILES string of the molecule is CC(C)c1cc(N)c(=O)n(C)n1. The first-order valence-corrected chi connectivity index (χ1v) is 3.86. The van der Waals surface area contributed by atoms with Crippen LogP contribution in [0.15, 0.2) is 10.9 Å². The van der Waals surface area contributed by atoms with Crippen molar-refractivity contribution in [1.82, 2.24) is 9.78 Å². The predicted molar refractivity (Wildman–Crippen MR) is 48.0 cm³/mol. The smallest absolute Gasteiger partial charge is 0.289 e. The van der Waals surface area contributed by atoms with Gasteiger partial charge >= 0.3 is 0 Å². The monoisotopic (exact) mass is 167 g/mol. The first-order valence-electron chi connectivity index (χ1n) is 3.86. The van der Waals surface area contributed by atoms with Crippen LogP contribution in [0.1, 0.15) is 25.5 Å². The maximum absolute atomic E-state index is 11.1. The third kappa shape index (κ3) is 1.47. The van der Waals surface area contributed by atoms with Gasteiger partial charge in [0.25, 0.3) is 5.56 Å². The first-order chi connectivity index (χ1) is 5.52. The van der Waals surface area contributed by atoms with E-state index in [0.717, 1.165) is 5.69 Å². The highest BCUT2D eigenvalue weighted by Crippen LogP contribution is 2.10. The van der Waals surface area contributed by atoms with Gasteiger partial charge in [-0.05, 0) is 12.0 Å². The minimum absolute atomic E-state index is 0.237. The lowest BCUT2D eigenvalue weighted by molar-refractivity contribution is 0.656. The van der Waals surface area contributed by atoms with Crippen molar-refractivity contribution >= 4 is 5.69 Å². The lowest BCUT2D eigenvalue weighted by Crippen LogP contribution is -2.23. The van der Waals surface area contributed by atoms with Gasteiger partial charge in [0, 0.05) is 7.05 Å². The molecule has 0 bridgehead atoms. The largest absolute Gasteiger partial charge is 0.394 e. The number of hydrogen-bond donors (Lipinski definition) is 1. The van der Waals surface area contributed by atoms with E-state index in [1.54, 1.807) is 13.1 Å². The highest BCUT2D eigenvalue weighted by atomic mass is 16.1. The molecule has 4 nitrogen and oxygen atoms in total. The van der Waals surface area contributed by atoms with Crippen LogP contribution in [-0.4, -0.2) is 9.78 Å². The molecule has 0 atom stereocenters. The standard InChI is InChI=1S/C8H13N3O/c1-5(2)7-4-6(9)8(12)11(3)10-7/h4-5H,9H2,1-3H3. The minimum Gasteiger partial charge on any atom is -0.394 e. The summed E-state index contributed by atoms with van der Waals surface area (Å²) < 4.78 is 1.27. The van der Waals surface area contributed by atoms with Crippen LogP contribution >= 0.6 is 0 Å². The zero-order valence-electron chi connectivity index (χ0n) is 7.53. The Morgan fingerprint density at radius 1 is 1.58 bits per heavy atom. The Bertz CT molecular complexity index is 314. The molecule has 1 heterocycles. The quantitative estimate of drug-likeness (QED) is 0.662. The Labute approximate surface area is 71.0 Å². The second-order valence-corrected chi connectivity index (χ2v) is 3.11. The van der Waals surface area contributed by atoms with Crippen LogP contribution in [0.25, 0.3) is 0 Å². The van der Waals surface area contributed by atoms with Crippen molar-refractivity contribution in [2.24, 2.45) is 7.05 Å². The van der Waals surface area contributed by atoms with Gasteiger partial charge in [-0.2, -0.15) is 5.10 Å². The number of anilines is 1. The van der Waals surface area contributed by atoms with Gasteiger partial charge in [0.1, 0.15) is 5.69 Å². The van der Waals surface area contributed by atoms with E-state index >= 15 is 0 Å². The molecule has 0 fully saturated rings. The number of nitrogen functional groups attached to an aromatic ring is 1. The molecule has 0 aliphatic heterocycles. The Balaban J connectivity index is 3.31. The van der Waals surface area contributed by atoms with E-state index in [2.05, 4.69) is 5.10 Å². The fraction of sp³-hybridized carbons (Fsp3) is 0.500. The Hall–Kier alpha value is -1.32. The lowest BCUT2D eigenvalue weighted by Gasteiger charge is -2.06. The number of rotatable bonds is 1. The molecule has 1 rings (SSSR count). The number of nitrogens with two attached hydrogens (primary N) is 1. The molecule has 2 N–H and O–H groups in total. The van der Waals surface area contributed by atoms with Crippen LogP contribution in [0.5, 0.6) is 0 Å². The van der Waals surface area contributed by atoms with Crippen LogP contribution in [-0.2, 0) is 7.05 Å². The molecule has 66 valence electrons. The van der Waals surface area contributed by atoms with Crippen molar-refractivity contribution in [2.45, 2.75) is 19.8 Å². The summed E-state index contributed by atoms with van der Waals surface area (Å²) in [5.74, 6) is 0.291. The molecule has 0 spiro atoms. The molecular formula is C8H13N3O. The molecule has 12 heavy (non-hydrogen) atoms. The second kappa shape index (κ2) is 2.97. The maximum atomic E-state index is 11.1. The van der Waals surface area contributed by atoms with Crippen LogP contribution in [0.4, 0.5) is 5.69 Å². The summed E-state index contributed by atoms with van der Waals surface area (Å²) in [6.45, 7) is 4.01. The maximum Gasteiger partial charge on any atom is 0.289 e. The topological polar surface area (TPSA) is 60.9 Å². The normalized spacial score (nSPS) is 10.7. The van der Waals surface area contributed by atoms with Crippen molar-refractivity contribution in [1.29, 1.82) is 0 Å². The van der Waals surface area contributed by atoms with Crippen LogP contribution in [0, 0.1) is 0 Å². The zero-order chi connectivity index (χ0) is 9.30. The van der Waals surface area contributed by atoms with E-state index in [1.165, 1.54) is 4.68 Å². The number of aryl methyl sites for hydroxylation is 1. The molecule has 0 unspecified atom stereocenters. The van der Waals surface area contributed by atoms with Crippen molar-refractivity contribution in [3.63, 3.8) is 0 Å². The van der Waals surface area contributed by atoms with E-state index in [0.29, 0.717) is 5.92 Å². The summed E-state index contributed by atoms with van der Waals surface area (Å²) in [5.41, 5.74) is 6.35. The Morgan fingerprint density at radius 2 is 2.17 bits per heavy atom. The fourth-order valence-corrected chi connectivity index (χ4v) is 0.938. The Kier molecular flexibility index (Phi) is 2.17. The third-order valence-electron chi connectivity index (χ3n) is 1.70. The predicted octanol–water partition coefficient (Wildman–Crippen LogP) is 0.486. The molecule has 1 aromatic heterocycles. The average molecular weight is 167 g/mol. The molecule has 0 aliphatic carbocycles. The van der Waals surface area contributed by atoms with Crippen molar-refractivity contribution in [2.75, 3.05) is 5.73 Å². The minimum atomic E-state index is -0.237. The van der Waals surface area contributed by atoms with Crippen LogP contribution in [0.3, 0.4) is 0 Å². The molecule has 0 saturated carbocycles. The van der Waals surface area contributed by atoms with Crippen LogP contribution in [0.2, 0.25) is 0 Å². The van der Waals surface area contributed by atoms with E-state index < -0.39 is 0 Å². The van der Waals surface area contributed by atoms with Gasteiger partial charge in [0.05, 0.1) is 5.69 Å². The summed E-state index contributed by atoms with van der Waals surface area (Å²) in [5, 5.41) is 4.06. The first kappa shape index (κ1) is 8.77. The van der Waals surface area contributed by atoms with Crippen molar-refractivity contribution < 1.29 is 0 Å². The molecule has 0 aromatic carbocycles. The lowest BCUT2D eigenvalue weighted by atomic mass is 10.1. The van der Waals surface area contributed by atoms with E-state index in [1.807, 2.05) is 13.8 Å². The van der Waals surface area contributed by atoms with E-state index in [4.69, 9.17) is 5.73 Å². The number of hydrogen-bond acceptors (Lipinski definition) is 3. The van der Waals surface area contributed by atoms with Crippen molar-refractivity contribution in [3.05, 3.63) is 22.1 Å². The van der Waals surface area contributed by atoms with Crippen LogP contribution < -0.4 is 11.3 Å². The summed E-state index contributed by atoms with van der Waals surface area (Å²) in [6.07, 6.45) is 0. The van der Waals surface area contributed by atoms with Gasteiger partial charge in [0.2, 0.25) is 0 Å². The van der Waals surface area contributed by atoms with Gasteiger partial charge < -0.3 is 5.73 Å². The molecule has 0 aliphatic rings. The van der Waals surface area contributed by atoms with E-state index in [-0.39, 0.29) is 11.2 Å². The molecule has 1 aromatic rings. The summed E-state index contributed by atoms with van der Waals surface area (Å²) in [6, 6.07) is 1.63. The van der Waals surface area contributed by atoms with Gasteiger partial charge in [-0.3, -0.25) is 4.79 Å². The second-order valence-electron chi connectivity index (χ2n) is 3.11. The molecule has 0 saturated heterocycles. The average Bonchev–Trinajstić information content (AvgIpc) is 1.99. The van der Waals surface area contributed by atoms with E-state index in [9.17, 15) is 4.79 Å². The van der Waals surface area contributed by atoms with Gasteiger partial charge in [0.15, 0.2) is 0 Å². The van der Waals surface area contributed by atoms with Gasteiger partial charge in [-0.15, -0.1) is 0 Å². The summed E-state index contributed by atoms with van der Waals surface area (Å²) in [7, 11) is 1.60. The van der Waals surface area contributed by atoms with Gasteiger partial charge in [-0.1, -0.05) is 13.8 Å². The highest BCUT2D eigenvalue weighted by Gasteiger charge is 2.05. The highest BCUT2D eigenvalue weighted by molar-refractivity contribution is 5.35. The third-order valence-corrected chi connectivity index (χ3v) is 1.70. The number of aromatic nitrogens is 2. The van der Waals surface area contributed by atoms with Gasteiger partial charge in [-0.25, -0.2) is 4.68 Å². The molecule has 0 amide bonds. The zero-order valence-corrected chi connectivity index (χ0v) is 7.53. The molecule has 4 heteroatoms. The fourth-order valence-electron chi connectivity index (χ4n) is 0.938. The summed E-state index contributed by atoms with van der Waals surface area (Å²) in [4.78, 5) is 11.1. The molecule has 0 radical (unpaired) electrons. The Morgan fingerprint density at radius 3 is 2.58 bits per heavy atom.